The van der Waals surface area contributed by atoms with E-state index >= 15 is 0 Å². The molecule has 1 atom stereocenters. The minimum Gasteiger partial charge on any atom is -0.336 e. The summed E-state index contributed by atoms with van der Waals surface area (Å²) in [5.41, 5.74) is 1.27. The zero-order valence-electron chi connectivity index (χ0n) is 15.3. The molecule has 7 nitrogen and oxygen atoms in total. The van der Waals surface area contributed by atoms with E-state index in [1.165, 1.54) is 0 Å². The minimum absolute atomic E-state index is 0.0856. The topological polar surface area (TPSA) is 86.4 Å². The van der Waals surface area contributed by atoms with Gasteiger partial charge in [-0.1, -0.05) is 6.92 Å². The smallest absolute Gasteiger partial charge is 0.254 e. The fraction of sp³-hybridized carbons (Fsp3) is 0.684. The van der Waals surface area contributed by atoms with Gasteiger partial charge >= 0.3 is 0 Å². The second-order valence-electron chi connectivity index (χ2n) is 7.61. The molecule has 26 heavy (non-hydrogen) atoms. The Morgan fingerprint density at radius 2 is 2.00 bits per heavy atom. The molecular weight excluding hydrogens is 332 g/mol. The third-order valence-electron chi connectivity index (χ3n) is 5.78. The molecule has 1 aliphatic carbocycles. The van der Waals surface area contributed by atoms with E-state index in [-0.39, 0.29) is 29.3 Å². The van der Waals surface area contributed by atoms with E-state index in [0.29, 0.717) is 43.0 Å². The van der Waals surface area contributed by atoms with Gasteiger partial charge in [-0.25, -0.2) is 4.98 Å². The van der Waals surface area contributed by atoms with Crippen LogP contribution in [0.5, 0.6) is 0 Å². The number of hydrogen-bond acceptors (Lipinski definition) is 4. The highest BCUT2D eigenvalue weighted by atomic mass is 16.2. The van der Waals surface area contributed by atoms with Crippen molar-refractivity contribution in [3.63, 3.8) is 0 Å². The summed E-state index contributed by atoms with van der Waals surface area (Å²) in [6, 6.07) is -0.146. The number of likely N-dealkylation sites (tertiary alicyclic amines) is 1. The third-order valence-corrected chi connectivity index (χ3v) is 5.78. The minimum atomic E-state index is -0.146. The van der Waals surface area contributed by atoms with Gasteiger partial charge < -0.3 is 14.8 Å². The first-order chi connectivity index (χ1) is 12.6. The van der Waals surface area contributed by atoms with Crippen LogP contribution in [-0.4, -0.2) is 44.7 Å². The Labute approximate surface area is 152 Å². The molecular formula is C19H26N4O3. The standard InChI is InChI=1S/C19H26N4O3/c1-2-16(24)22-10-8-13-14(11-22)20-17(21-18(13)25)15-5-3-4-9-23(15)19(26)12-6-7-12/h12,15H,2-11H2,1H3,(H,20,21,25). The van der Waals surface area contributed by atoms with Crippen LogP contribution in [0, 0.1) is 5.92 Å². The molecule has 0 bridgehead atoms. The van der Waals surface area contributed by atoms with Crippen LogP contribution in [-0.2, 0) is 22.6 Å². The lowest BCUT2D eigenvalue weighted by molar-refractivity contribution is -0.136. The molecule has 0 radical (unpaired) electrons. The van der Waals surface area contributed by atoms with Gasteiger partial charge in [-0.2, -0.15) is 0 Å². The largest absolute Gasteiger partial charge is 0.336 e. The van der Waals surface area contributed by atoms with Crippen molar-refractivity contribution in [2.75, 3.05) is 13.1 Å². The second kappa shape index (κ2) is 6.85. The van der Waals surface area contributed by atoms with Crippen molar-refractivity contribution in [3.8, 4) is 0 Å². The first-order valence-corrected chi connectivity index (χ1v) is 9.78. The highest BCUT2D eigenvalue weighted by molar-refractivity contribution is 5.81. The van der Waals surface area contributed by atoms with E-state index in [0.717, 1.165) is 38.6 Å². The lowest BCUT2D eigenvalue weighted by Gasteiger charge is -2.36. The van der Waals surface area contributed by atoms with Gasteiger partial charge in [0.2, 0.25) is 11.8 Å². The summed E-state index contributed by atoms with van der Waals surface area (Å²) < 4.78 is 0. The molecule has 1 unspecified atom stereocenters. The monoisotopic (exact) mass is 358 g/mol. The van der Waals surface area contributed by atoms with Crippen molar-refractivity contribution < 1.29 is 9.59 Å². The molecule has 1 saturated heterocycles. The Morgan fingerprint density at radius 3 is 2.73 bits per heavy atom. The molecule has 0 spiro atoms. The molecule has 2 amide bonds. The van der Waals surface area contributed by atoms with E-state index in [1.807, 2.05) is 11.8 Å². The van der Waals surface area contributed by atoms with Gasteiger partial charge in [0.25, 0.3) is 5.56 Å². The van der Waals surface area contributed by atoms with Crippen LogP contribution in [0.2, 0.25) is 0 Å². The lowest BCUT2D eigenvalue weighted by Crippen LogP contribution is -2.42. The van der Waals surface area contributed by atoms with E-state index in [9.17, 15) is 14.4 Å². The number of fused-ring (bicyclic) bond motifs is 1. The highest BCUT2D eigenvalue weighted by Gasteiger charge is 2.39. The maximum Gasteiger partial charge on any atom is 0.254 e. The van der Waals surface area contributed by atoms with Gasteiger partial charge in [0.1, 0.15) is 5.82 Å². The summed E-state index contributed by atoms with van der Waals surface area (Å²) in [6.07, 6.45) is 5.81. The molecule has 3 aliphatic rings. The average molecular weight is 358 g/mol. The summed E-state index contributed by atoms with van der Waals surface area (Å²) in [4.78, 5) is 48.6. The molecule has 1 saturated carbocycles. The van der Waals surface area contributed by atoms with Gasteiger partial charge in [-0.05, 0) is 38.5 Å². The Hall–Kier alpha value is -2.18. The fourth-order valence-corrected chi connectivity index (χ4v) is 4.10. The first kappa shape index (κ1) is 17.2. The molecule has 4 rings (SSSR count). The second-order valence-corrected chi connectivity index (χ2v) is 7.61. The van der Waals surface area contributed by atoms with Crippen LogP contribution >= 0.6 is 0 Å². The number of carbonyl (C=O) groups is 2. The van der Waals surface area contributed by atoms with E-state index in [4.69, 9.17) is 4.98 Å². The van der Waals surface area contributed by atoms with E-state index in [2.05, 4.69) is 4.98 Å². The number of carbonyl (C=O) groups excluding carboxylic acids is 2. The van der Waals surface area contributed by atoms with Gasteiger partial charge in [0.15, 0.2) is 0 Å². The van der Waals surface area contributed by atoms with E-state index in [1.54, 1.807) is 4.90 Å². The average Bonchev–Trinajstić information content (AvgIpc) is 3.51. The number of aromatic amines is 1. The van der Waals surface area contributed by atoms with Crippen LogP contribution in [0.4, 0.5) is 0 Å². The van der Waals surface area contributed by atoms with Crippen molar-refractivity contribution in [1.29, 1.82) is 0 Å². The molecule has 0 aromatic carbocycles. The molecule has 1 aromatic heterocycles. The van der Waals surface area contributed by atoms with Crippen LogP contribution in [0.1, 0.15) is 68.6 Å². The summed E-state index contributed by atoms with van der Waals surface area (Å²) in [7, 11) is 0. The maximum atomic E-state index is 12.7. The lowest BCUT2D eigenvalue weighted by atomic mass is 9.99. The summed E-state index contributed by atoms with van der Waals surface area (Å²) in [6.45, 7) is 3.54. The Kier molecular flexibility index (Phi) is 4.54. The van der Waals surface area contributed by atoms with Crippen LogP contribution < -0.4 is 5.56 Å². The summed E-state index contributed by atoms with van der Waals surface area (Å²) in [5, 5.41) is 0. The van der Waals surface area contributed by atoms with Crippen molar-refractivity contribution in [2.45, 2.75) is 64.5 Å². The van der Waals surface area contributed by atoms with Gasteiger partial charge in [-0.15, -0.1) is 0 Å². The predicted molar refractivity (Wildman–Crippen MR) is 95.3 cm³/mol. The van der Waals surface area contributed by atoms with Crippen LogP contribution in [0.25, 0.3) is 0 Å². The van der Waals surface area contributed by atoms with Crippen LogP contribution in [0.15, 0.2) is 4.79 Å². The number of rotatable bonds is 3. The number of amides is 2. The summed E-state index contributed by atoms with van der Waals surface area (Å²) in [5.74, 6) is 1.05. The first-order valence-electron chi connectivity index (χ1n) is 9.78. The zero-order valence-corrected chi connectivity index (χ0v) is 15.3. The predicted octanol–water partition coefficient (Wildman–Crippen LogP) is 1.53. The van der Waals surface area contributed by atoms with Gasteiger partial charge in [0, 0.05) is 31.0 Å². The third kappa shape index (κ3) is 3.15. The Balaban J connectivity index is 1.64. The zero-order chi connectivity index (χ0) is 18.3. The molecule has 1 aromatic rings. The number of piperidine rings is 1. The van der Waals surface area contributed by atoms with E-state index < -0.39 is 0 Å². The molecule has 2 fully saturated rings. The quantitative estimate of drug-likeness (QED) is 0.888. The maximum absolute atomic E-state index is 12.7. The highest BCUT2D eigenvalue weighted by Crippen LogP contribution is 2.37. The molecule has 1 N–H and O–H groups in total. The number of H-pyrrole nitrogens is 1. The Morgan fingerprint density at radius 1 is 1.19 bits per heavy atom. The van der Waals surface area contributed by atoms with Crippen molar-refractivity contribution in [2.24, 2.45) is 5.92 Å². The molecule has 140 valence electrons. The van der Waals surface area contributed by atoms with Crippen LogP contribution in [0.3, 0.4) is 0 Å². The van der Waals surface area contributed by atoms with Gasteiger partial charge in [0.05, 0.1) is 18.3 Å². The van der Waals surface area contributed by atoms with Crippen molar-refractivity contribution >= 4 is 11.8 Å². The van der Waals surface area contributed by atoms with Crippen molar-refractivity contribution in [1.82, 2.24) is 19.8 Å². The fourth-order valence-electron chi connectivity index (χ4n) is 4.10. The SMILES string of the molecule is CCC(=O)N1CCc2c(nc(C3CCCCN3C(=O)C3CC3)[nH]c2=O)C1. The number of hydrogen-bond donors (Lipinski definition) is 1. The molecule has 7 heteroatoms. The number of aromatic nitrogens is 2. The molecule has 2 aliphatic heterocycles. The molecule has 3 heterocycles. The normalized spacial score (nSPS) is 22.9. The number of nitrogens with zero attached hydrogens (tertiary/aromatic N) is 3. The van der Waals surface area contributed by atoms with Gasteiger partial charge in [-0.3, -0.25) is 14.4 Å². The number of nitrogens with one attached hydrogen (secondary N) is 1. The Bertz CT molecular complexity index is 783. The summed E-state index contributed by atoms with van der Waals surface area (Å²) >= 11 is 0. The van der Waals surface area contributed by atoms with Crippen molar-refractivity contribution in [3.05, 3.63) is 27.4 Å².